The molecule has 30 heavy (non-hydrogen) atoms. The van der Waals surface area contributed by atoms with Gasteiger partial charge in [-0.2, -0.15) is 9.61 Å². The smallest absolute Gasteiger partial charge is 0.283 e. The quantitative estimate of drug-likeness (QED) is 0.511. The fourth-order valence-electron chi connectivity index (χ4n) is 3.20. The Morgan fingerprint density at radius 2 is 1.93 bits per heavy atom. The van der Waals surface area contributed by atoms with Gasteiger partial charge in [-0.15, -0.1) is 0 Å². The van der Waals surface area contributed by atoms with Crippen LogP contribution in [0.4, 0.5) is 0 Å². The fraction of sp³-hybridized carbons (Fsp3) is 0.238. The molecule has 2 aromatic carbocycles. The first-order valence-corrected chi connectivity index (χ1v) is 10.1. The normalized spacial score (nSPS) is 11.0. The number of hydrogen-bond acceptors (Lipinski definition) is 7. The minimum atomic E-state index is -0.236. The monoisotopic (exact) mass is 424 g/mol. The van der Waals surface area contributed by atoms with Crippen molar-refractivity contribution in [1.82, 2.24) is 19.9 Å². The van der Waals surface area contributed by atoms with E-state index in [1.54, 1.807) is 32.4 Å². The number of fused-ring (bicyclic) bond motifs is 2. The van der Waals surface area contributed by atoms with Gasteiger partial charge in [-0.05, 0) is 49.2 Å². The van der Waals surface area contributed by atoms with Crippen LogP contribution in [0.3, 0.4) is 0 Å². The molecule has 0 unspecified atom stereocenters. The van der Waals surface area contributed by atoms with Crippen LogP contribution in [0, 0.1) is 6.92 Å². The highest BCUT2D eigenvalue weighted by Gasteiger charge is 2.12. The third-order valence-corrected chi connectivity index (χ3v) is 5.53. The minimum absolute atomic E-state index is 0.222. The fourth-order valence-corrected chi connectivity index (χ4v) is 3.94. The van der Waals surface area contributed by atoms with Crippen molar-refractivity contribution in [2.45, 2.75) is 13.3 Å². The Bertz CT molecular complexity index is 1310. The molecule has 1 amide bonds. The van der Waals surface area contributed by atoms with Gasteiger partial charge in [-0.25, -0.2) is 4.98 Å². The molecule has 0 radical (unpaired) electrons. The van der Waals surface area contributed by atoms with Gasteiger partial charge < -0.3 is 14.8 Å². The van der Waals surface area contributed by atoms with Gasteiger partial charge >= 0.3 is 0 Å². The molecule has 0 fully saturated rings. The van der Waals surface area contributed by atoms with Crippen molar-refractivity contribution in [3.63, 3.8) is 0 Å². The molecule has 4 rings (SSSR count). The van der Waals surface area contributed by atoms with Gasteiger partial charge in [0.2, 0.25) is 4.96 Å². The van der Waals surface area contributed by atoms with E-state index in [2.05, 4.69) is 15.4 Å². The lowest BCUT2D eigenvalue weighted by Crippen LogP contribution is -2.26. The van der Waals surface area contributed by atoms with E-state index in [1.807, 2.05) is 25.1 Å². The van der Waals surface area contributed by atoms with Gasteiger partial charge in [-0.1, -0.05) is 17.4 Å². The number of rotatable bonds is 6. The van der Waals surface area contributed by atoms with Crippen LogP contribution in [-0.4, -0.2) is 41.3 Å². The van der Waals surface area contributed by atoms with E-state index in [4.69, 9.17) is 9.47 Å². The topological polar surface area (TPSA) is 94.8 Å². The van der Waals surface area contributed by atoms with Crippen LogP contribution in [0.15, 0.2) is 41.2 Å². The van der Waals surface area contributed by atoms with Crippen LogP contribution in [0.25, 0.3) is 15.9 Å². The zero-order valence-corrected chi connectivity index (χ0v) is 17.6. The third kappa shape index (κ3) is 3.71. The summed E-state index contributed by atoms with van der Waals surface area (Å²) in [5.74, 6) is 1.09. The summed E-state index contributed by atoms with van der Waals surface area (Å²) in [6, 6.07) is 10.5. The predicted molar refractivity (Wildman–Crippen MR) is 115 cm³/mol. The van der Waals surface area contributed by atoms with E-state index in [1.165, 1.54) is 15.9 Å². The molecule has 0 spiro atoms. The molecular formula is C21H20N4O4S. The first-order chi connectivity index (χ1) is 14.5. The second-order valence-corrected chi connectivity index (χ2v) is 7.82. The van der Waals surface area contributed by atoms with Crippen LogP contribution < -0.4 is 20.3 Å². The second kappa shape index (κ2) is 8.11. The number of nitrogens with one attached hydrogen (secondary N) is 1. The van der Waals surface area contributed by atoms with E-state index in [0.717, 1.165) is 10.6 Å². The largest absolute Gasteiger partial charge is 0.493 e. The number of carbonyl (C=O) groups is 1. The molecule has 0 saturated heterocycles. The summed E-state index contributed by atoms with van der Waals surface area (Å²) in [6.07, 6.45) is 0.639. The number of aryl methyl sites for hydroxylation is 1. The number of methoxy groups -OCH3 is 2. The average molecular weight is 424 g/mol. The molecule has 4 aromatic rings. The summed E-state index contributed by atoms with van der Waals surface area (Å²) >= 11 is 1.33. The van der Waals surface area contributed by atoms with E-state index in [9.17, 15) is 9.59 Å². The maximum absolute atomic E-state index is 12.6. The summed E-state index contributed by atoms with van der Waals surface area (Å²) in [4.78, 5) is 30.1. The van der Waals surface area contributed by atoms with Crippen LogP contribution in [0.2, 0.25) is 0 Å². The molecule has 2 aromatic heterocycles. The summed E-state index contributed by atoms with van der Waals surface area (Å²) in [7, 11) is 3.18. The first kappa shape index (κ1) is 19.8. The number of hydrogen-bond donors (Lipinski definition) is 1. The Labute approximate surface area is 176 Å². The van der Waals surface area contributed by atoms with E-state index in [0.29, 0.717) is 45.9 Å². The minimum Gasteiger partial charge on any atom is -0.493 e. The summed E-state index contributed by atoms with van der Waals surface area (Å²) in [5, 5.41) is 8.26. The predicted octanol–water partition coefficient (Wildman–Crippen LogP) is 2.60. The molecule has 154 valence electrons. The van der Waals surface area contributed by atoms with Crippen molar-refractivity contribution in [1.29, 1.82) is 0 Å². The van der Waals surface area contributed by atoms with Crippen molar-refractivity contribution >= 4 is 33.1 Å². The number of carbonyl (C=O) groups excluding carboxylic acids is 1. The lowest BCUT2D eigenvalue weighted by atomic mass is 10.1. The number of amides is 1. The molecule has 0 aliphatic carbocycles. The molecule has 9 heteroatoms. The zero-order valence-electron chi connectivity index (χ0n) is 16.8. The average Bonchev–Trinajstić information content (AvgIpc) is 3.13. The van der Waals surface area contributed by atoms with Crippen molar-refractivity contribution in [3.8, 4) is 11.5 Å². The molecule has 0 aliphatic rings. The van der Waals surface area contributed by atoms with Crippen molar-refractivity contribution in [3.05, 3.63) is 62.9 Å². The number of ether oxygens (including phenoxy) is 2. The Kier molecular flexibility index (Phi) is 5.37. The maximum atomic E-state index is 12.6. The lowest BCUT2D eigenvalue weighted by Gasteiger charge is -2.10. The maximum Gasteiger partial charge on any atom is 0.283 e. The number of aromatic nitrogens is 3. The van der Waals surface area contributed by atoms with Gasteiger partial charge in [0.1, 0.15) is 5.01 Å². The second-order valence-electron chi connectivity index (χ2n) is 6.66. The Morgan fingerprint density at radius 1 is 1.13 bits per heavy atom. The number of benzene rings is 2. The summed E-state index contributed by atoms with van der Waals surface area (Å²) < 4.78 is 11.8. The van der Waals surface area contributed by atoms with Gasteiger partial charge in [0, 0.05) is 12.1 Å². The van der Waals surface area contributed by atoms with Crippen molar-refractivity contribution in [2.24, 2.45) is 0 Å². The third-order valence-electron chi connectivity index (χ3n) is 4.71. The Hall–Kier alpha value is -3.46. The molecule has 0 atom stereocenters. The highest BCUT2D eigenvalue weighted by Crippen LogP contribution is 2.27. The molecule has 0 aliphatic heterocycles. The van der Waals surface area contributed by atoms with Crippen molar-refractivity contribution < 1.29 is 14.3 Å². The molecule has 0 saturated carbocycles. The highest BCUT2D eigenvalue weighted by molar-refractivity contribution is 7.16. The van der Waals surface area contributed by atoms with Crippen LogP contribution >= 0.6 is 11.3 Å². The first-order valence-electron chi connectivity index (χ1n) is 9.29. The Morgan fingerprint density at radius 3 is 2.70 bits per heavy atom. The highest BCUT2D eigenvalue weighted by atomic mass is 32.1. The molecular weight excluding hydrogens is 404 g/mol. The SMILES string of the molecule is COc1ccc(CCNC(=O)c2ccc3c(=O)n4nc(C)sc4nc3c2)cc1OC. The van der Waals surface area contributed by atoms with Gasteiger partial charge in [0.25, 0.3) is 11.5 Å². The van der Waals surface area contributed by atoms with Gasteiger partial charge in [-0.3, -0.25) is 9.59 Å². The summed E-state index contributed by atoms with van der Waals surface area (Å²) in [5.41, 5.74) is 1.72. The van der Waals surface area contributed by atoms with Crippen LogP contribution in [-0.2, 0) is 6.42 Å². The van der Waals surface area contributed by atoms with E-state index >= 15 is 0 Å². The zero-order chi connectivity index (χ0) is 21.3. The van der Waals surface area contributed by atoms with Crippen molar-refractivity contribution in [2.75, 3.05) is 20.8 Å². The van der Waals surface area contributed by atoms with Crippen LogP contribution in [0.5, 0.6) is 11.5 Å². The molecule has 0 bridgehead atoms. The molecule has 2 heterocycles. The Balaban J connectivity index is 1.49. The molecule has 8 nitrogen and oxygen atoms in total. The number of nitrogens with zero attached hydrogens (tertiary/aromatic N) is 3. The van der Waals surface area contributed by atoms with E-state index < -0.39 is 0 Å². The van der Waals surface area contributed by atoms with Gasteiger partial charge in [0.05, 0.1) is 25.1 Å². The molecule has 1 N–H and O–H groups in total. The summed E-state index contributed by atoms with van der Waals surface area (Å²) in [6.45, 7) is 2.27. The van der Waals surface area contributed by atoms with Crippen LogP contribution in [0.1, 0.15) is 20.9 Å². The van der Waals surface area contributed by atoms with E-state index in [-0.39, 0.29) is 11.5 Å². The lowest BCUT2D eigenvalue weighted by molar-refractivity contribution is 0.0954. The standard InChI is InChI=1S/C21H20N4O4S/c1-12-24-25-20(27)15-6-5-14(11-16(15)23-21(25)30-12)19(26)22-9-8-13-4-7-17(28-2)18(10-13)29-3/h4-7,10-11H,8-9H2,1-3H3,(H,22,26). The van der Waals surface area contributed by atoms with Gasteiger partial charge in [0.15, 0.2) is 11.5 Å².